The molecule has 2 aromatic rings. The molecule has 1 aliphatic rings. The highest BCUT2D eigenvalue weighted by Crippen LogP contribution is 2.28. The van der Waals surface area contributed by atoms with Gasteiger partial charge in [0.25, 0.3) is 5.91 Å². The van der Waals surface area contributed by atoms with Crippen molar-refractivity contribution >= 4 is 23.2 Å². The molecular formula is C19H19FN2O2. The van der Waals surface area contributed by atoms with Crippen molar-refractivity contribution in [3.63, 3.8) is 0 Å². The second-order valence-electron chi connectivity index (χ2n) is 6.22. The number of hydrogen-bond donors (Lipinski definition) is 1. The molecule has 1 fully saturated rings. The molecule has 2 amide bonds. The van der Waals surface area contributed by atoms with E-state index < -0.39 is 11.9 Å². The number of rotatable bonds is 3. The molecule has 0 saturated carbocycles. The fraction of sp³-hybridized carbons (Fsp3) is 0.263. The van der Waals surface area contributed by atoms with E-state index in [9.17, 15) is 14.0 Å². The minimum absolute atomic E-state index is 0.0863. The molecule has 0 aliphatic carbocycles. The van der Waals surface area contributed by atoms with E-state index in [1.54, 1.807) is 0 Å². The zero-order valence-electron chi connectivity index (χ0n) is 13.9. The van der Waals surface area contributed by atoms with Gasteiger partial charge in [-0.15, -0.1) is 0 Å². The third-order valence-electron chi connectivity index (χ3n) is 4.23. The van der Waals surface area contributed by atoms with E-state index in [0.717, 1.165) is 27.3 Å². The number of nitrogens with one attached hydrogen (secondary N) is 1. The first kappa shape index (κ1) is 16.2. The molecule has 5 heteroatoms. The predicted molar refractivity (Wildman–Crippen MR) is 91.6 cm³/mol. The number of halogens is 1. The van der Waals surface area contributed by atoms with Crippen molar-refractivity contribution in [3.8, 4) is 0 Å². The third kappa shape index (κ3) is 2.89. The van der Waals surface area contributed by atoms with Crippen molar-refractivity contribution in [2.75, 3.05) is 10.2 Å². The largest absolute Gasteiger partial charge is 0.373 e. The van der Waals surface area contributed by atoms with E-state index in [1.165, 1.54) is 24.3 Å². The molecule has 1 N–H and O–H groups in total. The van der Waals surface area contributed by atoms with Crippen LogP contribution >= 0.6 is 0 Å². The van der Waals surface area contributed by atoms with E-state index in [0.29, 0.717) is 5.69 Å². The number of carbonyl (C=O) groups excluding carboxylic acids is 2. The first-order chi connectivity index (χ1) is 11.4. The molecule has 24 heavy (non-hydrogen) atoms. The fourth-order valence-electron chi connectivity index (χ4n) is 3.19. The number of benzene rings is 2. The van der Waals surface area contributed by atoms with Crippen LogP contribution in [0.4, 0.5) is 15.8 Å². The van der Waals surface area contributed by atoms with Gasteiger partial charge in [0.15, 0.2) is 0 Å². The van der Waals surface area contributed by atoms with Gasteiger partial charge in [0.05, 0.1) is 12.1 Å². The Balaban J connectivity index is 1.86. The third-order valence-corrected chi connectivity index (χ3v) is 4.23. The van der Waals surface area contributed by atoms with Crippen molar-refractivity contribution < 1.29 is 14.0 Å². The van der Waals surface area contributed by atoms with Gasteiger partial charge in [0, 0.05) is 5.69 Å². The smallest absolute Gasteiger partial charge is 0.256 e. The molecule has 124 valence electrons. The summed E-state index contributed by atoms with van der Waals surface area (Å²) in [5.74, 6) is -1.00. The molecule has 2 aromatic carbocycles. The van der Waals surface area contributed by atoms with Gasteiger partial charge < -0.3 is 5.32 Å². The molecule has 1 saturated heterocycles. The van der Waals surface area contributed by atoms with Crippen LogP contribution in [-0.4, -0.2) is 17.9 Å². The Morgan fingerprint density at radius 1 is 1.04 bits per heavy atom. The number of imide groups is 1. The highest BCUT2D eigenvalue weighted by Gasteiger charge is 2.39. The summed E-state index contributed by atoms with van der Waals surface area (Å²) in [4.78, 5) is 26.0. The van der Waals surface area contributed by atoms with E-state index in [2.05, 4.69) is 5.32 Å². The topological polar surface area (TPSA) is 49.4 Å². The fourth-order valence-corrected chi connectivity index (χ4v) is 3.19. The summed E-state index contributed by atoms with van der Waals surface area (Å²) in [6.45, 7) is 5.97. The number of aryl methyl sites for hydroxylation is 3. The van der Waals surface area contributed by atoms with E-state index in [-0.39, 0.29) is 18.2 Å². The maximum absolute atomic E-state index is 13.1. The summed E-state index contributed by atoms with van der Waals surface area (Å²) >= 11 is 0. The van der Waals surface area contributed by atoms with Crippen LogP contribution in [0.1, 0.15) is 23.1 Å². The summed E-state index contributed by atoms with van der Waals surface area (Å²) in [5, 5.41) is 3.21. The Morgan fingerprint density at radius 3 is 2.21 bits per heavy atom. The summed E-state index contributed by atoms with van der Waals surface area (Å²) in [6, 6.07) is 8.83. The number of carbonyl (C=O) groups is 2. The van der Waals surface area contributed by atoms with Crippen molar-refractivity contribution in [3.05, 3.63) is 58.9 Å². The molecule has 1 atom stereocenters. The van der Waals surface area contributed by atoms with Gasteiger partial charge in [-0.05, 0) is 56.2 Å². The van der Waals surface area contributed by atoms with E-state index >= 15 is 0 Å². The standard InChI is InChI=1S/C19H19FN2O2/c1-11-8-12(2)18(13(3)9-11)21-16-10-17(23)22(19(16)24)15-6-4-14(20)5-7-15/h4-9,16,21H,10H2,1-3H3. The lowest BCUT2D eigenvalue weighted by Crippen LogP contribution is -2.35. The van der Waals surface area contributed by atoms with Crippen LogP contribution in [0.3, 0.4) is 0 Å². The van der Waals surface area contributed by atoms with Crippen LogP contribution in [-0.2, 0) is 9.59 Å². The Hall–Kier alpha value is -2.69. The average molecular weight is 326 g/mol. The van der Waals surface area contributed by atoms with E-state index in [4.69, 9.17) is 0 Å². The van der Waals surface area contributed by atoms with Gasteiger partial charge in [-0.25, -0.2) is 9.29 Å². The minimum atomic E-state index is -0.609. The molecule has 3 rings (SSSR count). The van der Waals surface area contributed by atoms with Crippen LogP contribution in [0, 0.1) is 26.6 Å². The maximum Gasteiger partial charge on any atom is 0.256 e. The molecule has 0 aromatic heterocycles. The van der Waals surface area contributed by atoms with Crippen LogP contribution in [0.5, 0.6) is 0 Å². The lowest BCUT2D eigenvalue weighted by Gasteiger charge is -2.19. The second-order valence-corrected chi connectivity index (χ2v) is 6.22. The van der Waals surface area contributed by atoms with Crippen molar-refractivity contribution in [2.24, 2.45) is 0 Å². The maximum atomic E-state index is 13.1. The summed E-state index contributed by atoms with van der Waals surface area (Å²) < 4.78 is 13.1. The van der Waals surface area contributed by atoms with Gasteiger partial charge in [0.2, 0.25) is 5.91 Å². The van der Waals surface area contributed by atoms with Crippen molar-refractivity contribution in [2.45, 2.75) is 33.2 Å². The summed E-state index contributed by atoms with van der Waals surface area (Å²) in [7, 11) is 0. The monoisotopic (exact) mass is 326 g/mol. The Bertz CT molecular complexity index is 792. The molecule has 1 aliphatic heterocycles. The first-order valence-corrected chi connectivity index (χ1v) is 7.83. The highest BCUT2D eigenvalue weighted by atomic mass is 19.1. The molecule has 1 heterocycles. The summed E-state index contributed by atoms with van der Waals surface area (Å²) in [5.41, 5.74) is 4.50. The van der Waals surface area contributed by atoms with Gasteiger partial charge in [-0.1, -0.05) is 17.7 Å². The van der Waals surface area contributed by atoms with Gasteiger partial charge in [0.1, 0.15) is 11.9 Å². The highest BCUT2D eigenvalue weighted by molar-refractivity contribution is 6.23. The molecule has 0 bridgehead atoms. The Labute approximate surface area is 140 Å². The molecule has 4 nitrogen and oxygen atoms in total. The van der Waals surface area contributed by atoms with Gasteiger partial charge in [-0.3, -0.25) is 9.59 Å². The molecular weight excluding hydrogens is 307 g/mol. The number of nitrogens with zero attached hydrogens (tertiary/aromatic N) is 1. The number of amides is 2. The van der Waals surface area contributed by atoms with Crippen LogP contribution < -0.4 is 10.2 Å². The first-order valence-electron chi connectivity index (χ1n) is 7.83. The van der Waals surface area contributed by atoms with Gasteiger partial charge >= 0.3 is 0 Å². The molecule has 1 unspecified atom stereocenters. The molecule has 0 radical (unpaired) electrons. The number of anilines is 2. The van der Waals surface area contributed by atoms with Crippen molar-refractivity contribution in [1.29, 1.82) is 0 Å². The zero-order chi connectivity index (χ0) is 17.4. The molecule has 0 spiro atoms. The SMILES string of the molecule is Cc1cc(C)c(NC2CC(=O)N(c3ccc(F)cc3)C2=O)c(C)c1. The minimum Gasteiger partial charge on any atom is -0.373 e. The average Bonchev–Trinajstić information content (AvgIpc) is 2.78. The Kier molecular flexibility index (Phi) is 4.09. The lowest BCUT2D eigenvalue weighted by molar-refractivity contribution is -0.121. The zero-order valence-corrected chi connectivity index (χ0v) is 13.9. The van der Waals surface area contributed by atoms with Crippen LogP contribution in [0.2, 0.25) is 0 Å². The number of hydrogen-bond acceptors (Lipinski definition) is 3. The second kappa shape index (κ2) is 6.07. The van der Waals surface area contributed by atoms with Crippen LogP contribution in [0.25, 0.3) is 0 Å². The lowest BCUT2D eigenvalue weighted by atomic mass is 10.0. The predicted octanol–water partition coefficient (Wildman–Crippen LogP) is 3.49. The Morgan fingerprint density at radius 2 is 1.62 bits per heavy atom. The quantitative estimate of drug-likeness (QED) is 0.878. The summed E-state index contributed by atoms with van der Waals surface area (Å²) in [6.07, 6.45) is 0.0863. The van der Waals surface area contributed by atoms with Crippen molar-refractivity contribution in [1.82, 2.24) is 0 Å². The van der Waals surface area contributed by atoms with E-state index in [1.807, 2.05) is 32.9 Å². The van der Waals surface area contributed by atoms with Crippen LogP contribution in [0.15, 0.2) is 36.4 Å². The van der Waals surface area contributed by atoms with Gasteiger partial charge in [-0.2, -0.15) is 0 Å². The normalized spacial score (nSPS) is 17.5.